The molecule has 0 aromatic rings. The maximum absolute atomic E-state index is 6.19. The maximum Gasteiger partial charge on any atom is 0.119 e. The Morgan fingerprint density at radius 2 is 2.17 bits per heavy atom. The van der Waals surface area contributed by atoms with Gasteiger partial charge < -0.3 is 4.52 Å². The van der Waals surface area contributed by atoms with Crippen LogP contribution in [0.2, 0.25) is 0 Å². The Morgan fingerprint density at radius 1 is 1.56 bits per heavy atom. The molecule has 1 saturated carbocycles. The average Bonchev–Trinajstić information content (AvgIpc) is 2.31. The third kappa shape index (κ3) is 4.01. The quantitative estimate of drug-likeness (QED) is 0.362. The second kappa shape index (κ2) is 6.81. The molecule has 1 aliphatic rings. The molecule has 0 N–H and O–H groups in total. The first-order valence-corrected chi connectivity index (χ1v) is 9.88. The molecule has 0 aromatic carbocycles. The minimum Gasteiger partial charge on any atom is -0.335 e. The van der Waals surface area contributed by atoms with Gasteiger partial charge in [0.25, 0.3) is 0 Å². The molecular formula is C13H26NOPS2. The first-order chi connectivity index (χ1) is 8.30. The topological polar surface area (TPSA) is 12.5 Å². The van der Waals surface area contributed by atoms with Crippen LogP contribution in [0.3, 0.4) is 0 Å². The van der Waals surface area contributed by atoms with E-state index in [2.05, 4.69) is 26.3 Å². The van der Waals surface area contributed by atoms with Gasteiger partial charge in [-0.05, 0) is 53.1 Å². The molecule has 1 rings (SSSR count). The SMILES string of the molecule is C=[SH][C@]1(C)CC[C@H](C(=C)C)C[C@H]1O[PH](=S)N(C)C. The molecule has 0 bridgehead atoms. The van der Waals surface area contributed by atoms with E-state index in [1.807, 2.05) is 18.8 Å². The van der Waals surface area contributed by atoms with Crippen molar-refractivity contribution in [3.63, 3.8) is 0 Å². The smallest absolute Gasteiger partial charge is 0.119 e. The molecular weight excluding hydrogens is 281 g/mol. The predicted molar refractivity (Wildman–Crippen MR) is 90.9 cm³/mol. The van der Waals surface area contributed by atoms with Gasteiger partial charge >= 0.3 is 0 Å². The standard InChI is InChI=1S/C13H26NOPS2/c1-10(2)11-7-8-13(3,18-6)12(9-11)15-16(17)14(4)5/h11-12,16,18H,1,6-9H2,2-5H3/t11-,12+,13+/m0/s1. The zero-order valence-electron chi connectivity index (χ0n) is 11.9. The van der Waals surface area contributed by atoms with Crippen LogP contribution in [0.1, 0.15) is 33.1 Å². The van der Waals surface area contributed by atoms with Crippen molar-refractivity contribution in [2.45, 2.75) is 44.0 Å². The fraction of sp³-hybridized carbons (Fsp3) is 0.769. The van der Waals surface area contributed by atoms with Crippen LogP contribution < -0.4 is 0 Å². The number of nitrogens with zero attached hydrogens (tertiary/aromatic N) is 1. The zero-order valence-corrected chi connectivity index (χ0v) is 14.6. The Morgan fingerprint density at radius 3 is 2.61 bits per heavy atom. The van der Waals surface area contributed by atoms with Gasteiger partial charge in [-0.25, -0.2) is 0 Å². The van der Waals surface area contributed by atoms with Crippen LogP contribution in [0, 0.1) is 5.92 Å². The fourth-order valence-corrected chi connectivity index (χ4v) is 4.20. The number of rotatable bonds is 5. The third-order valence-electron chi connectivity index (χ3n) is 3.86. The van der Waals surface area contributed by atoms with Crippen LogP contribution in [0.15, 0.2) is 12.2 Å². The van der Waals surface area contributed by atoms with E-state index in [-0.39, 0.29) is 10.9 Å². The highest BCUT2D eigenvalue weighted by molar-refractivity contribution is 8.01. The summed E-state index contributed by atoms with van der Waals surface area (Å²) in [5, 5.41) is 0. The van der Waals surface area contributed by atoms with Crippen molar-refractivity contribution in [2.75, 3.05) is 14.1 Å². The van der Waals surface area contributed by atoms with Crippen LogP contribution in [0.25, 0.3) is 0 Å². The van der Waals surface area contributed by atoms with Crippen LogP contribution in [0.5, 0.6) is 0 Å². The van der Waals surface area contributed by atoms with E-state index >= 15 is 0 Å². The van der Waals surface area contributed by atoms with Gasteiger partial charge in [0.1, 0.15) is 7.07 Å². The van der Waals surface area contributed by atoms with Crippen molar-refractivity contribution in [1.29, 1.82) is 0 Å². The van der Waals surface area contributed by atoms with Crippen LogP contribution in [-0.4, -0.2) is 35.5 Å². The molecule has 0 aliphatic heterocycles. The molecule has 1 unspecified atom stereocenters. The minimum absolute atomic E-state index is 0.149. The highest BCUT2D eigenvalue weighted by Gasteiger charge is 2.39. The number of hydrogen-bond donors (Lipinski definition) is 1. The predicted octanol–water partition coefficient (Wildman–Crippen LogP) is 3.47. The monoisotopic (exact) mass is 307 g/mol. The molecule has 106 valence electrons. The maximum atomic E-state index is 6.19. The molecule has 2 nitrogen and oxygen atoms in total. The highest BCUT2D eigenvalue weighted by atomic mass is 32.4. The summed E-state index contributed by atoms with van der Waals surface area (Å²) < 4.78 is 8.38. The lowest BCUT2D eigenvalue weighted by Gasteiger charge is -2.43. The number of allylic oxidation sites excluding steroid dienone is 1. The Labute approximate surface area is 121 Å². The van der Waals surface area contributed by atoms with Crippen molar-refractivity contribution in [3.05, 3.63) is 12.2 Å². The van der Waals surface area contributed by atoms with E-state index in [1.54, 1.807) is 0 Å². The summed E-state index contributed by atoms with van der Waals surface area (Å²) in [6, 6.07) is 0. The van der Waals surface area contributed by atoms with Crippen molar-refractivity contribution < 1.29 is 4.52 Å². The van der Waals surface area contributed by atoms with Gasteiger partial charge in [-0.1, -0.05) is 29.8 Å². The Kier molecular flexibility index (Phi) is 6.27. The summed E-state index contributed by atoms with van der Waals surface area (Å²) in [6.07, 6.45) is 3.63. The Bertz CT molecular complexity index is 359. The summed E-state index contributed by atoms with van der Waals surface area (Å²) in [4.78, 5) is 0. The van der Waals surface area contributed by atoms with Gasteiger partial charge in [-0.2, -0.15) is 11.4 Å². The Hall–Kier alpha value is 0.530. The molecule has 18 heavy (non-hydrogen) atoms. The molecule has 0 heterocycles. The average molecular weight is 307 g/mol. The van der Waals surface area contributed by atoms with Gasteiger partial charge in [0.15, 0.2) is 0 Å². The zero-order chi connectivity index (χ0) is 13.9. The fourth-order valence-electron chi connectivity index (χ4n) is 2.29. The number of thiol groups is 1. The lowest BCUT2D eigenvalue weighted by molar-refractivity contribution is 0.114. The van der Waals surface area contributed by atoms with Gasteiger partial charge in [0.05, 0.1) is 6.10 Å². The Balaban J connectivity index is 2.82. The first-order valence-electron chi connectivity index (χ1n) is 6.31. The molecule has 1 fully saturated rings. The summed E-state index contributed by atoms with van der Waals surface area (Å²) in [7, 11) is 2.72. The van der Waals surface area contributed by atoms with Gasteiger partial charge in [-0.15, -0.1) is 0 Å². The van der Waals surface area contributed by atoms with Crippen molar-refractivity contribution >= 4 is 36.1 Å². The third-order valence-corrected chi connectivity index (χ3v) is 7.69. The second-order valence-corrected chi connectivity index (χ2v) is 9.65. The molecule has 0 amide bonds. The largest absolute Gasteiger partial charge is 0.335 e. The molecule has 4 atom stereocenters. The van der Waals surface area contributed by atoms with Gasteiger partial charge in [0.2, 0.25) is 0 Å². The number of hydrogen-bond acceptors (Lipinski definition) is 2. The lowest BCUT2D eigenvalue weighted by Crippen LogP contribution is -2.42. The van der Waals surface area contributed by atoms with E-state index in [0.717, 1.165) is 12.8 Å². The van der Waals surface area contributed by atoms with E-state index < -0.39 is 7.07 Å². The van der Waals surface area contributed by atoms with Gasteiger partial charge in [0, 0.05) is 4.75 Å². The summed E-state index contributed by atoms with van der Waals surface area (Å²) in [5.41, 5.74) is 1.27. The van der Waals surface area contributed by atoms with E-state index in [0.29, 0.717) is 5.92 Å². The van der Waals surface area contributed by atoms with Crippen molar-refractivity contribution in [2.24, 2.45) is 5.92 Å². The summed E-state index contributed by atoms with van der Waals surface area (Å²) in [5.74, 6) is 4.67. The van der Waals surface area contributed by atoms with Gasteiger partial charge in [-0.3, -0.25) is 4.67 Å². The minimum atomic E-state index is -1.28. The van der Waals surface area contributed by atoms with Crippen molar-refractivity contribution in [3.8, 4) is 0 Å². The summed E-state index contributed by atoms with van der Waals surface area (Å²) in [6.45, 7) is 8.50. The highest BCUT2D eigenvalue weighted by Crippen LogP contribution is 2.45. The van der Waals surface area contributed by atoms with Crippen LogP contribution in [0.4, 0.5) is 0 Å². The molecule has 1 aliphatic carbocycles. The molecule has 0 radical (unpaired) electrons. The molecule has 5 heteroatoms. The molecule has 0 aromatic heterocycles. The molecule has 0 spiro atoms. The molecule has 0 saturated heterocycles. The van der Waals surface area contributed by atoms with Crippen LogP contribution >= 0.6 is 18.4 Å². The summed E-state index contributed by atoms with van der Waals surface area (Å²) >= 11 is 6.62. The van der Waals surface area contributed by atoms with Crippen LogP contribution in [-0.2, 0) is 16.3 Å². The first kappa shape index (κ1) is 16.6. The van der Waals surface area contributed by atoms with E-state index in [1.165, 1.54) is 23.3 Å². The normalized spacial score (nSPS) is 34.5. The second-order valence-electron chi connectivity index (χ2n) is 5.60. The van der Waals surface area contributed by atoms with E-state index in [4.69, 9.17) is 16.3 Å². The van der Waals surface area contributed by atoms with E-state index in [9.17, 15) is 0 Å². The van der Waals surface area contributed by atoms with Crippen molar-refractivity contribution in [1.82, 2.24) is 4.67 Å². The lowest BCUT2D eigenvalue weighted by atomic mass is 9.77.